The fraction of sp³-hybridized carbons (Fsp3) is 0.739. The maximum atomic E-state index is 14.2. The molecule has 0 radical (unpaired) electrons. The molecule has 0 unspecified atom stereocenters. The average molecular weight is 780 g/mol. The van der Waals surface area contributed by atoms with Crippen LogP contribution in [0.2, 0.25) is 5.02 Å². The predicted molar refractivity (Wildman–Crippen MR) is 214 cm³/mol. The Bertz CT molecular complexity index is 1750. The first-order valence-electron chi connectivity index (χ1n) is 20.8. The fourth-order valence-electron chi connectivity index (χ4n) is 13.4. The van der Waals surface area contributed by atoms with Crippen LogP contribution in [-0.2, 0) is 30.5 Å². The van der Waals surface area contributed by atoms with E-state index < -0.39 is 28.9 Å². The first-order valence-corrected chi connectivity index (χ1v) is 21.2. The third kappa shape index (κ3) is 6.71. The standard InChI is InChI=1S/C46H66ClNO7/c1-27(2)38-32(50)23-46(35(51)26-48(28(3)49)25-29-11-13-30(47)14-12-29)22-21-44(9)31(39(38)46)15-16-34-43(8)19-18-36(55-37(52)24-41(4,5)40(53)54)42(6,7)33(43)17-20-45(34,44)10/h11-14,27,31,33-36,51H,15-26H2,1-10H3,(H,53,54)/t31-,33+,34-,35+,36+,43+,44-,45-,46+/m1/s1. The lowest BCUT2D eigenvalue weighted by atomic mass is 9.33. The number of amides is 1. The summed E-state index contributed by atoms with van der Waals surface area (Å²) in [7, 11) is 0. The highest BCUT2D eigenvalue weighted by Gasteiger charge is 2.71. The number of hydrogen-bond acceptors (Lipinski definition) is 6. The molecule has 8 nitrogen and oxygen atoms in total. The summed E-state index contributed by atoms with van der Waals surface area (Å²) in [4.78, 5) is 53.8. The van der Waals surface area contributed by atoms with Crippen molar-refractivity contribution in [1.82, 2.24) is 4.90 Å². The highest BCUT2D eigenvalue weighted by atomic mass is 35.5. The molecule has 5 aliphatic rings. The van der Waals surface area contributed by atoms with Crippen LogP contribution in [0.3, 0.4) is 0 Å². The number of Topliss-reactive ketones (excluding diaryl/α,β-unsaturated/α-hetero) is 1. The van der Waals surface area contributed by atoms with E-state index in [9.17, 15) is 29.4 Å². The van der Waals surface area contributed by atoms with Crippen molar-refractivity contribution in [1.29, 1.82) is 0 Å². The van der Waals surface area contributed by atoms with E-state index in [1.807, 2.05) is 24.3 Å². The van der Waals surface area contributed by atoms with Crippen molar-refractivity contribution in [2.24, 2.45) is 56.2 Å². The quantitative estimate of drug-likeness (QED) is 0.227. The van der Waals surface area contributed by atoms with Crippen LogP contribution < -0.4 is 0 Å². The Kier molecular flexibility index (Phi) is 10.9. The maximum Gasteiger partial charge on any atom is 0.309 e. The summed E-state index contributed by atoms with van der Waals surface area (Å²) in [5.41, 5.74) is 0.809. The molecule has 0 heterocycles. The van der Waals surface area contributed by atoms with E-state index in [2.05, 4.69) is 48.5 Å². The third-order valence-electron chi connectivity index (χ3n) is 16.6. The number of aliphatic carboxylic acids is 1. The number of carbonyl (C=O) groups is 4. The number of ether oxygens (including phenoxy) is 1. The molecule has 1 amide bonds. The van der Waals surface area contributed by atoms with Crippen molar-refractivity contribution in [3.8, 4) is 0 Å². The molecule has 304 valence electrons. The number of hydrogen-bond donors (Lipinski definition) is 2. The van der Waals surface area contributed by atoms with Crippen LogP contribution in [-0.4, -0.2) is 57.5 Å². The van der Waals surface area contributed by atoms with Crippen LogP contribution in [0.25, 0.3) is 0 Å². The maximum absolute atomic E-state index is 14.2. The Morgan fingerprint density at radius 1 is 0.927 bits per heavy atom. The molecular formula is C46H66ClNO7. The van der Waals surface area contributed by atoms with Crippen LogP contribution in [0.5, 0.6) is 0 Å². The van der Waals surface area contributed by atoms with Gasteiger partial charge in [-0.1, -0.05) is 77.8 Å². The minimum absolute atomic E-state index is 0.00981. The molecule has 9 heteroatoms. The third-order valence-corrected chi connectivity index (χ3v) is 16.9. The molecule has 1 aromatic rings. The number of carboxylic acids is 1. The number of esters is 1. The van der Waals surface area contributed by atoms with Crippen LogP contribution in [0, 0.1) is 56.2 Å². The Balaban J connectivity index is 1.29. The van der Waals surface area contributed by atoms with E-state index in [1.54, 1.807) is 25.7 Å². The van der Waals surface area contributed by atoms with Gasteiger partial charge in [-0.25, -0.2) is 0 Å². The van der Waals surface area contributed by atoms with Gasteiger partial charge in [0.2, 0.25) is 5.91 Å². The Labute approximate surface area is 334 Å². The number of allylic oxidation sites excluding steroid dienone is 1. The second kappa shape index (κ2) is 14.3. The van der Waals surface area contributed by atoms with E-state index in [0.717, 1.165) is 56.1 Å². The second-order valence-electron chi connectivity index (χ2n) is 20.6. The summed E-state index contributed by atoms with van der Waals surface area (Å²) < 4.78 is 6.16. The van der Waals surface area contributed by atoms with E-state index in [1.165, 1.54) is 5.57 Å². The lowest BCUT2D eigenvalue weighted by Gasteiger charge is -2.72. The van der Waals surface area contributed by atoms with Gasteiger partial charge in [-0.2, -0.15) is 0 Å². The number of aliphatic hydroxyl groups excluding tert-OH is 1. The molecule has 55 heavy (non-hydrogen) atoms. The molecule has 4 saturated carbocycles. The number of fused-ring (bicyclic) bond motifs is 7. The average Bonchev–Trinajstić information content (AvgIpc) is 3.40. The molecule has 0 aromatic heterocycles. The highest BCUT2D eigenvalue weighted by Crippen LogP contribution is 2.77. The number of aliphatic hydroxyl groups is 1. The van der Waals surface area contributed by atoms with Gasteiger partial charge >= 0.3 is 11.9 Å². The van der Waals surface area contributed by atoms with Crippen LogP contribution in [0.15, 0.2) is 35.4 Å². The van der Waals surface area contributed by atoms with E-state index in [4.69, 9.17) is 16.3 Å². The van der Waals surface area contributed by atoms with Crippen molar-refractivity contribution in [3.05, 3.63) is 46.0 Å². The smallest absolute Gasteiger partial charge is 0.309 e. The molecule has 9 atom stereocenters. The molecule has 1 aromatic carbocycles. The van der Waals surface area contributed by atoms with Gasteiger partial charge in [0.25, 0.3) is 0 Å². The van der Waals surface area contributed by atoms with Crippen molar-refractivity contribution < 1.29 is 34.1 Å². The Morgan fingerprint density at radius 3 is 2.18 bits per heavy atom. The summed E-state index contributed by atoms with van der Waals surface area (Å²) in [5.74, 6) is -0.431. The highest BCUT2D eigenvalue weighted by molar-refractivity contribution is 6.30. The van der Waals surface area contributed by atoms with E-state index in [-0.39, 0.29) is 64.3 Å². The van der Waals surface area contributed by atoms with Crippen LogP contribution in [0.4, 0.5) is 0 Å². The fourth-order valence-corrected chi connectivity index (χ4v) is 13.5. The molecule has 5 aliphatic carbocycles. The Hall–Kier alpha value is -2.71. The van der Waals surface area contributed by atoms with Gasteiger partial charge in [-0.15, -0.1) is 0 Å². The zero-order valence-electron chi connectivity index (χ0n) is 35.0. The number of benzene rings is 1. The van der Waals surface area contributed by atoms with E-state index >= 15 is 0 Å². The predicted octanol–water partition coefficient (Wildman–Crippen LogP) is 9.44. The minimum atomic E-state index is -1.18. The molecule has 0 saturated heterocycles. The summed E-state index contributed by atoms with van der Waals surface area (Å²) in [5, 5.41) is 22.7. The SMILES string of the molecule is CC(=O)N(Cc1ccc(Cl)cc1)C[C@H](O)[C@@]12CC[C@]3(C)[C@H](CC[C@@H]4[C@@]5(C)CC[C@H](OC(=O)CC(C)(C)C(=O)O)C(C)(C)[C@@H]5CC[C@]43C)C1=C(C(C)C)C(=O)C2. The molecule has 0 spiro atoms. The van der Waals surface area contributed by atoms with Gasteiger partial charge in [0, 0.05) is 42.3 Å². The monoisotopic (exact) mass is 779 g/mol. The lowest BCUT2D eigenvalue weighted by Crippen LogP contribution is -2.66. The summed E-state index contributed by atoms with van der Waals surface area (Å²) in [6, 6.07) is 7.45. The first-order chi connectivity index (χ1) is 25.4. The van der Waals surface area contributed by atoms with Gasteiger partial charge in [-0.3, -0.25) is 19.2 Å². The number of carbonyl (C=O) groups excluding carboxylic acids is 3. The molecule has 6 rings (SSSR count). The lowest BCUT2D eigenvalue weighted by molar-refractivity contribution is -0.235. The molecular weight excluding hydrogens is 714 g/mol. The van der Waals surface area contributed by atoms with Gasteiger partial charge in [0.15, 0.2) is 5.78 Å². The molecule has 2 N–H and O–H groups in total. The number of ketones is 1. The summed E-state index contributed by atoms with van der Waals surface area (Å²) >= 11 is 6.14. The van der Waals surface area contributed by atoms with Gasteiger partial charge in [-0.05, 0) is 128 Å². The van der Waals surface area contributed by atoms with E-state index in [0.29, 0.717) is 36.2 Å². The first kappa shape index (κ1) is 41.9. The topological polar surface area (TPSA) is 121 Å². The van der Waals surface area contributed by atoms with Crippen molar-refractivity contribution >= 4 is 35.2 Å². The van der Waals surface area contributed by atoms with Crippen molar-refractivity contribution in [2.45, 2.75) is 152 Å². The Morgan fingerprint density at radius 2 is 1.58 bits per heavy atom. The number of nitrogens with zero attached hydrogens (tertiary/aromatic N) is 1. The van der Waals surface area contributed by atoms with Crippen molar-refractivity contribution in [3.63, 3.8) is 0 Å². The minimum Gasteiger partial charge on any atom is -0.481 e. The van der Waals surface area contributed by atoms with Crippen LogP contribution in [0.1, 0.15) is 139 Å². The molecule has 4 fully saturated rings. The largest absolute Gasteiger partial charge is 0.481 e. The normalized spacial score (nSPS) is 36.0. The van der Waals surface area contributed by atoms with Gasteiger partial charge < -0.3 is 19.8 Å². The summed E-state index contributed by atoms with van der Waals surface area (Å²) in [6.07, 6.45) is 6.35. The number of halogens is 1. The zero-order chi connectivity index (χ0) is 40.7. The zero-order valence-corrected chi connectivity index (χ0v) is 35.8. The van der Waals surface area contributed by atoms with Gasteiger partial charge in [0.05, 0.1) is 17.9 Å². The van der Waals surface area contributed by atoms with Crippen molar-refractivity contribution in [2.75, 3.05) is 6.54 Å². The van der Waals surface area contributed by atoms with Crippen LogP contribution >= 0.6 is 11.6 Å². The number of carboxylic acid groups (broad SMARTS) is 1. The molecule has 0 bridgehead atoms. The second-order valence-corrected chi connectivity index (χ2v) is 21.0. The summed E-state index contributed by atoms with van der Waals surface area (Å²) in [6.45, 7) is 21.5. The molecule has 0 aliphatic heterocycles. The number of rotatable bonds is 10. The van der Waals surface area contributed by atoms with Gasteiger partial charge in [0.1, 0.15) is 6.10 Å².